The molecule has 1 fully saturated rings. The molecule has 1 aliphatic rings. The number of amides is 1. The second-order valence-electron chi connectivity index (χ2n) is 5.08. The Labute approximate surface area is 114 Å². The molecular formula is C15H22N2O2. The smallest absolute Gasteiger partial charge is 0.220 e. The number of carbonyl (C=O) groups excluding carboxylic acids is 1. The zero-order valence-corrected chi connectivity index (χ0v) is 11.3. The fraction of sp³-hybridized carbons (Fsp3) is 0.600. The van der Waals surface area contributed by atoms with E-state index in [4.69, 9.17) is 4.74 Å². The van der Waals surface area contributed by atoms with Crippen LogP contribution in [0.25, 0.3) is 0 Å². The minimum Gasteiger partial charge on any atom is -0.381 e. The summed E-state index contributed by atoms with van der Waals surface area (Å²) >= 11 is 0. The molecular weight excluding hydrogens is 240 g/mol. The number of pyridine rings is 1. The largest absolute Gasteiger partial charge is 0.381 e. The summed E-state index contributed by atoms with van der Waals surface area (Å²) in [5, 5.41) is 2.99. The first-order chi connectivity index (χ1) is 9.34. The van der Waals surface area contributed by atoms with Crippen LogP contribution in [0.5, 0.6) is 0 Å². The van der Waals surface area contributed by atoms with Gasteiger partial charge in [0.2, 0.25) is 5.91 Å². The number of carbonyl (C=O) groups is 1. The van der Waals surface area contributed by atoms with Crippen molar-refractivity contribution in [3.8, 4) is 0 Å². The van der Waals surface area contributed by atoms with Crippen molar-refractivity contribution >= 4 is 5.91 Å². The maximum atomic E-state index is 11.7. The SMILES string of the molecule is O=C(CCc1ccncc1)NCCC1CCCOC1. The Morgan fingerprint density at radius 1 is 1.42 bits per heavy atom. The van der Waals surface area contributed by atoms with Gasteiger partial charge in [-0.05, 0) is 49.3 Å². The number of hydrogen-bond acceptors (Lipinski definition) is 3. The van der Waals surface area contributed by atoms with Gasteiger partial charge in [0.05, 0.1) is 0 Å². The van der Waals surface area contributed by atoms with Crippen molar-refractivity contribution in [3.63, 3.8) is 0 Å². The van der Waals surface area contributed by atoms with E-state index in [0.717, 1.165) is 44.6 Å². The minimum atomic E-state index is 0.133. The molecule has 2 rings (SSSR count). The molecule has 4 heteroatoms. The molecule has 0 aliphatic carbocycles. The molecule has 1 aromatic rings. The molecule has 0 radical (unpaired) electrons. The molecule has 1 aromatic heterocycles. The van der Waals surface area contributed by atoms with E-state index in [1.54, 1.807) is 12.4 Å². The van der Waals surface area contributed by atoms with Gasteiger partial charge in [-0.25, -0.2) is 0 Å². The fourth-order valence-corrected chi connectivity index (χ4v) is 2.35. The van der Waals surface area contributed by atoms with Crippen LogP contribution in [0.2, 0.25) is 0 Å². The lowest BCUT2D eigenvalue weighted by Crippen LogP contribution is -2.28. The summed E-state index contributed by atoms with van der Waals surface area (Å²) in [6, 6.07) is 3.90. The lowest BCUT2D eigenvalue weighted by Gasteiger charge is -2.21. The van der Waals surface area contributed by atoms with E-state index in [1.165, 1.54) is 6.42 Å². The van der Waals surface area contributed by atoms with E-state index >= 15 is 0 Å². The van der Waals surface area contributed by atoms with Crippen molar-refractivity contribution in [1.29, 1.82) is 0 Å². The van der Waals surface area contributed by atoms with Gasteiger partial charge in [-0.15, -0.1) is 0 Å². The predicted octanol–water partition coefficient (Wildman–Crippen LogP) is 1.95. The highest BCUT2D eigenvalue weighted by Crippen LogP contribution is 2.16. The van der Waals surface area contributed by atoms with Crippen LogP contribution in [-0.4, -0.2) is 30.6 Å². The van der Waals surface area contributed by atoms with Gasteiger partial charge in [-0.3, -0.25) is 9.78 Å². The van der Waals surface area contributed by atoms with Crippen LogP contribution in [0, 0.1) is 5.92 Å². The summed E-state index contributed by atoms with van der Waals surface area (Å²) in [6.07, 6.45) is 8.26. The van der Waals surface area contributed by atoms with Gasteiger partial charge in [0.1, 0.15) is 0 Å². The van der Waals surface area contributed by atoms with Crippen molar-refractivity contribution in [2.45, 2.75) is 32.1 Å². The van der Waals surface area contributed by atoms with Crippen molar-refractivity contribution in [3.05, 3.63) is 30.1 Å². The molecule has 1 aliphatic heterocycles. The number of nitrogens with zero attached hydrogens (tertiary/aromatic N) is 1. The summed E-state index contributed by atoms with van der Waals surface area (Å²) < 4.78 is 5.43. The van der Waals surface area contributed by atoms with Crippen molar-refractivity contribution in [2.75, 3.05) is 19.8 Å². The van der Waals surface area contributed by atoms with E-state index in [-0.39, 0.29) is 5.91 Å². The molecule has 4 nitrogen and oxygen atoms in total. The van der Waals surface area contributed by atoms with Gasteiger partial charge >= 0.3 is 0 Å². The van der Waals surface area contributed by atoms with Crippen LogP contribution in [0.3, 0.4) is 0 Å². The first-order valence-electron chi connectivity index (χ1n) is 7.08. The molecule has 0 spiro atoms. The average Bonchev–Trinajstić information content (AvgIpc) is 2.47. The van der Waals surface area contributed by atoms with Gasteiger partial charge in [0.25, 0.3) is 0 Å². The fourth-order valence-electron chi connectivity index (χ4n) is 2.35. The normalized spacial score (nSPS) is 19.1. The Hall–Kier alpha value is -1.42. The second-order valence-corrected chi connectivity index (χ2v) is 5.08. The number of aromatic nitrogens is 1. The Balaban J connectivity index is 1.57. The van der Waals surface area contributed by atoms with Crippen LogP contribution in [0.4, 0.5) is 0 Å². The molecule has 104 valence electrons. The molecule has 1 N–H and O–H groups in total. The number of nitrogens with one attached hydrogen (secondary N) is 1. The molecule has 1 amide bonds. The molecule has 0 bridgehead atoms. The average molecular weight is 262 g/mol. The summed E-state index contributed by atoms with van der Waals surface area (Å²) in [4.78, 5) is 15.7. The first-order valence-corrected chi connectivity index (χ1v) is 7.08. The summed E-state index contributed by atoms with van der Waals surface area (Å²) in [5.41, 5.74) is 1.16. The summed E-state index contributed by atoms with van der Waals surface area (Å²) in [6.45, 7) is 2.52. The highest BCUT2D eigenvalue weighted by molar-refractivity contribution is 5.76. The van der Waals surface area contributed by atoms with Gasteiger partial charge in [0, 0.05) is 38.6 Å². The summed E-state index contributed by atoms with van der Waals surface area (Å²) in [5.74, 6) is 0.753. The van der Waals surface area contributed by atoms with Crippen LogP contribution >= 0.6 is 0 Å². The van der Waals surface area contributed by atoms with Gasteiger partial charge in [0.15, 0.2) is 0 Å². The van der Waals surface area contributed by atoms with Crippen molar-refractivity contribution < 1.29 is 9.53 Å². The molecule has 1 unspecified atom stereocenters. The molecule has 0 saturated carbocycles. The zero-order chi connectivity index (χ0) is 13.3. The molecule has 19 heavy (non-hydrogen) atoms. The number of ether oxygens (including phenoxy) is 1. The lowest BCUT2D eigenvalue weighted by molar-refractivity contribution is -0.121. The Bertz CT molecular complexity index is 375. The third-order valence-corrected chi connectivity index (χ3v) is 3.52. The Morgan fingerprint density at radius 2 is 2.26 bits per heavy atom. The van der Waals surface area contributed by atoms with Crippen LogP contribution in [0.1, 0.15) is 31.2 Å². The van der Waals surface area contributed by atoms with E-state index in [2.05, 4.69) is 10.3 Å². The number of hydrogen-bond donors (Lipinski definition) is 1. The maximum Gasteiger partial charge on any atom is 0.220 e. The van der Waals surface area contributed by atoms with Gasteiger partial charge < -0.3 is 10.1 Å². The Kier molecular flexibility index (Phi) is 5.82. The van der Waals surface area contributed by atoms with Crippen LogP contribution in [-0.2, 0) is 16.0 Å². The topological polar surface area (TPSA) is 51.2 Å². The quantitative estimate of drug-likeness (QED) is 0.852. The standard InChI is InChI=1S/C15H22N2O2/c18-15(4-3-13-5-8-16-9-6-13)17-10-7-14-2-1-11-19-12-14/h5-6,8-9,14H,1-4,7,10-12H2,(H,17,18). The van der Waals surface area contributed by atoms with E-state index in [0.29, 0.717) is 12.3 Å². The van der Waals surface area contributed by atoms with E-state index in [9.17, 15) is 4.79 Å². The highest BCUT2D eigenvalue weighted by Gasteiger charge is 2.13. The molecule has 0 aromatic carbocycles. The minimum absolute atomic E-state index is 0.133. The lowest BCUT2D eigenvalue weighted by atomic mass is 9.99. The van der Waals surface area contributed by atoms with Gasteiger partial charge in [-0.2, -0.15) is 0 Å². The zero-order valence-electron chi connectivity index (χ0n) is 11.3. The van der Waals surface area contributed by atoms with Crippen LogP contribution < -0.4 is 5.32 Å². The van der Waals surface area contributed by atoms with E-state index < -0.39 is 0 Å². The van der Waals surface area contributed by atoms with Crippen molar-refractivity contribution in [1.82, 2.24) is 10.3 Å². The Morgan fingerprint density at radius 3 is 3.00 bits per heavy atom. The molecule has 2 heterocycles. The third kappa shape index (κ3) is 5.39. The molecule has 1 atom stereocenters. The maximum absolute atomic E-state index is 11.7. The van der Waals surface area contributed by atoms with Gasteiger partial charge in [-0.1, -0.05) is 0 Å². The third-order valence-electron chi connectivity index (χ3n) is 3.52. The first kappa shape index (κ1) is 14.0. The van der Waals surface area contributed by atoms with Crippen molar-refractivity contribution in [2.24, 2.45) is 5.92 Å². The number of rotatable bonds is 6. The predicted molar refractivity (Wildman–Crippen MR) is 73.7 cm³/mol. The number of aryl methyl sites for hydroxylation is 1. The van der Waals surface area contributed by atoms with E-state index in [1.807, 2.05) is 12.1 Å². The molecule has 1 saturated heterocycles. The van der Waals surface area contributed by atoms with Crippen LogP contribution in [0.15, 0.2) is 24.5 Å². The summed E-state index contributed by atoms with van der Waals surface area (Å²) in [7, 11) is 0. The highest BCUT2D eigenvalue weighted by atomic mass is 16.5. The monoisotopic (exact) mass is 262 g/mol. The second kappa shape index (κ2) is 7.89.